The van der Waals surface area contributed by atoms with Crippen molar-refractivity contribution in [2.75, 3.05) is 6.61 Å². The molecular weight excluding hydrogens is 144 g/mol. The van der Waals surface area contributed by atoms with Gasteiger partial charge in [-0.3, -0.25) is 0 Å². The molecule has 11 heavy (non-hydrogen) atoms. The molecule has 0 saturated carbocycles. The van der Waals surface area contributed by atoms with Crippen LogP contribution in [0, 0.1) is 5.92 Å². The van der Waals surface area contributed by atoms with Crippen LogP contribution in [0.2, 0.25) is 0 Å². The second kappa shape index (κ2) is 3.09. The molecule has 0 aliphatic rings. The van der Waals surface area contributed by atoms with Gasteiger partial charge in [0.25, 0.3) is 0 Å². The monoisotopic (exact) mass is 162 g/mol. The van der Waals surface area contributed by atoms with Gasteiger partial charge in [0.2, 0.25) is 0 Å². The van der Waals surface area contributed by atoms with Gasteiger partial charge in [-0.15, -0.1) is 0 Å². The number of hydrogen-bond acceptors (Lipinski definition) is 3. The molecule has 0 unspecified atom stereocenters. The van der Waals surface area contributed by atoms with Crippen molar-refractivity contribution in [1.29, 1.82) is 0 Å². The molecule has 0 aliphatic carbocycles. The SMILES string of the molecule is CC(C)(O)C(CO)C(C)(C)O. The number of aliphatic hydroxyl groups excluding tert-OH is 1. The standard InChI is InChI=1S/C8H18O3/c1-7(2,10)6(5-9)8(3,4)11/h6,9-11H,5H2,1-4H3. The van der Waals surface area contributed by atoms with Crippen molar-refractivity contribution in [2.24, 2.45) is 5.92 Å². The lowest BCUT2D eigenvalue weighted by Gasteiger charge is -2.36. The van der Waals surface area contributed by atoms with Gasteiger partial charge in [-0.05, 0) is 27.7 Å². The molecule has 0 bridgehead atoms. The first-order chi connectivity index (χ1) is 4.69. The first kappa shape index (κ1) is 10.9. The summed E-state index contributed by atoms with van der Waals surface area (Å²) in [7, 11) is 0. The summed E-state index contributed by atoms with van der Waals surface area (Å²) in [5, 5.41) is 27.9. The largest absolute Gasteiger partial charge is 0.396 e. The number of rotatable bonds is 3. The summed E-state index contributed by atoms with van der Waals surface area (Å²) in [6.45, 7) is 6.09. The maximum absolute atomic E-state index is 9.49. The fourth-order valence-corrected chi connectivity index (χ4v) is 1.31. The van der Waals surface area contributed by atoms with Crippen LogP contribution in [0.15, 0.2) is 0 Å². The van der Waals surface area contributed by atoms with Crippen molar-refractivity contribution in [2.45, 2.75) is 38.9 Å². The molecule has 0 heterocycles. The zero-order valence-corrected chi connectivity index (χ0v) is 7.63. The molecule has 0 rings (SSSR count). The average Bonchev–Trinajstić information content (AvgIpc) is 1.56. The molecule has 0 radical (unpaired) electrons. The Morgan fingerprint density at radius 3 is 1.27 bits per heavy atom. The van der Waals surface area contributed by atoms with Gasteiger partial charge < -0.3 is 15.3 Å². The van der Waals surface area contributed by atoms with Gasteiger partial charge in [0.05, 0.1) is 17.8 Å². The van der Waals surface area contributed by atoms with Gasteiger partial charge >= 0.3 is 0 Å². The van der Waals surface area contributed by atoms with E-state index in [1.54, 1.807) is 27.7 Å². The first-order valence-electron chi connectivity index (χ1n) is 3.75. The van der Waals surface area contributed by atoms with Crippen molar-refractivity contribution in [3.05, 3.63) is 0 Å². The minimum atomic E-state index is -1.05. The first-order valence-corrected chi connectivity index (χ1v) is 3.75. The second-order valence-corrected chi connectivity index (χ2v) is 4.04. The zero-order valence-electron chi connectivity index (χ0n) is 7.63. The normalized spacial score (nSPS) is 14.2. The van der Waals surface area contributed by atoms with Gasteiger partial charge in [-0.1, -0.05) is 0 Å². The van der Waals surface area contributed by atoms with E-state index in [1.165, 1.54) is 0 Å². The third-order valence-electron chi connectivity index (χ3n) is 1.89. The van der Waals surface area contributed by atoms with E-state index in [9.17, 15) is 10.2 Å². The molecule has 0 aromatic rings. The summed E-state index contributed by atoms with van der Waals surface area (Å²) in [6.07, 6.45) is 0. The van der Waals surface area contributed by atoms with E-state index in [2.05, 4.69) is 0 Å². The molecule has 0 fully saturated rings. The lowest BCUT2D eigenvalue weighted by atomic mass is 9.79. The third-order valence-corrected chi connectivity index (χ3v) is 1.89. The van der Waals surface area contributed by atoms with Crippen LogP contribution in [-0.2, 0) is 0 Å². The molecule has 3 nitrogen and oxygen atoms in total. The fourth-order valence-electron chi connectivity index (χ4n) is 1.31. The Balaban J connectivity index is 4.43. The van der Waals surface area contributed by atoms with Crippen LogP contribution in [0.3, 0.4) is 0 Å². The average molecular weight is 162 g/mol. The van der Waals surface area contributed by atoms with E-state index in [0.717, 1.165) is 0 Å². The predicted octanol–water partition coefficient (Wildman–Crippen LogP) is 0.137. The quantitative estimate of drug-likeness (QED) is 0.553. The maximum atomic E-state index is 9.49. The summed E-state index contributed by atoms with van der Waals surface area (Å²) in [6, 6.07) is 0. The Labute approximate surface area is 67.7 Å². The molecule has 3 heteroatoms. The van der Waals surface area contributed by atoms with Crippen molar-refractivity contribution >= 4 is 0 Å². The molecule has 0 spiro atoms. The Kier molecular flexibility index (Phi) is 3.06. The Morgan fingerprint density at radius 1 is 1.00 bits per heavy atom. The van der Waals surface area contributed by atoms with E-state index in [4.69, 9.17) is 5.11 Å². The lowest BCUT2D eigenvalue weighted by Crippen LogP contribution is -2.47. The van der Waals surface area contributed by atoms with Crippen LogP contribution >= 0.6 is 0 Å². The smallest absolute Gasteiger partial charge is 0.0669 e. The van der Waals surface area contributed by atoms with Crippen LogP contribution < -0.4 is 0 Å². The fraction of sp³-hybridized carbons (Fsp3) is 1.00. The number of aliphatic hydroxyl groups is 3. The minimum absolute atomic E-state index is 0.215. The van der Waals surface area contributed by atoms with E-state index in [1.807, 2.05) is 0 Å². The zero-order chi connectivity index (χ0) is 9.28. The molecule has 3 N–H and O–H groups in total. The van der Waals surface area contributed by atoms with Gasteiger partial charge in [0, 0.05) is 5.92 Å². The van der Waals surface area contributed by atoms with Crippen molar-refractivity contribution in [3.8, 4) is 0 Å². The van der Waals surface area contributed by atoms with Crippen molar-refractivity contribution < 1.29 is 15.3 Å². The van der Waals surface area contributed by atoms with Gasteiger partial charge in [0.15, 0.2) is 0 Å². The van der Waals surface area contributed by atoms with E-state index >= 15 is 0 Å². The highest BCUT2D eigenvalue weighted by molar-refractivity contribution is 4.88. The predicted molar refractivity (Wildman–Crippen MR) is 43.2 cm³/mol. The minimum Gasteiger partial charge on any atom is -0.396 e. The topological polar surface area (TPSA) is 60.7 Å². The summed E-state index contributed by atoms with van der Waals surface area (Å²) in [5.41, 5.74) is -2.10. The second-order valence-electron chi connectivity index (χ2n) is 4.04. The lowest BCUT2D eigenvalue weighted by molar-refractivity contribution is -0.109. The van der Waals surface area contributed by atoms with E-state index < -0.39 is 17.1 Å². The maximum Gasteiger partial charge on any atom is 0.0669 e. The third kappa shape index (κ3) is 3.18. The molecule has 0 aromatic heterocycles. The summed E-state index contributed by atoms with van der Waals surface area (Å²) in [4.78, 5) is 0. The number of hydrogen-bond donors (Lipinski definition) is 3. The molecule has 0 aromatic carbocycles. The molecule has 68 valence electrons. The van der Waals surface area contributed by atoms with Gasteiger partial charge in [-0.2, -0.15) is 0 Å². The van der Waals surface area contributed by atoms with E-state index in [-0.39, 0.29) is 6.61 Å². The molecule has 0 aliphatic heterocycles. The van der Waals surface area contributed by atoms with Crippen LogP contribution in [0.5, 0.6) is 0 Å². The summed E-state index contributed by atoms with van der Waals surface area (Å²) >= 11 is 0. The van der Waals surface area contributed by atoms with Gasteiger partial charge in [-0.25, -0.2) is 0 Å². The highest BCUT2D eigenvalue weighted by Gasteiger charge is 2.37. The van der Waals surface area contributed by atoms with Crippen LogP contribution in [0.1, 0.15) is 27.7 Å². The van der Waals surface area contributed by atoms with Crippen LogP contribution in [0.4, 0.5) is 0 Å². The Hall–Kier alpha value is -0.120. The Morgan fingerprint density at radius 2 is 1.27 bits per heavy atom. The molecular formula is C8H18O3. The molecule has 0 amide bonds. The van der Waals surface area contributed by atoms with Crippen molar-refractivity contribution in [3.63, 3.8) is 0 Å². The highest BCUT2D eigenvalue weighted by atomic mass is 16.3. The summed E-state index contributed by atoms with van der Waals surface area (Å²) < 4.78 is 0. The molecule has 0 saturated heterocycles. The van der Waals surface area contributed by atoms with Gasteiger partial charge in [0.1, 0.15) is 0 Å². The van der Waals surface area contributed by atoms with E-state index in [0.29, 0.717) is 0 Å². The van der Waals surface area contributed by atoms with Crippen LogP contribution in [0.25, 0.3) is 0 Å². The highest BCUT2D eigenvalue weighted by Crippen LogP contribution is 2.26. The van der Waals surface area contributed by atoms with Crippen molar-refractivity contribution in [1.82, 2.24) is 0 Å². The summed E-state index contributed by atoms with van der Waals surface area (Å²) in [5.74, 6) is -0.519. The Bertz CT molecular complexity index is 104. The van der Waals surface area contributed by atoms with Crippen LogP contribution in [-0.4, -0.2) is 33.1 Å². The molecule has 0 atom stereocenters.